The fraction of sp³-hybridized carbons (Fsp3) is 0.875. The number of nitrogens with one attached hydrogen (secondary N) is 1. The Morgan fingerprint density at radius 3 is 2.73 bits per heavy atom. The molecule has 0 aliphatic carbocycles. The van der Waals surface area contributed by atoms with E-state index in [9.17, 15) is 9.59 Å². The lowest BCUT2D eigenvalue weighted by Gasteiger charge is -2.15. The van der Waals surface area contributed by atoms with Crippen molar-refractivity contribution in [2.45, 2.75) is 58.7 Å². The SMILES string of the molecule is CC(C)CCCNC(=O)COC(=O)C(C)OCC1CCCO1. The van der Waals surface area contributed by atoms with E-state index in [0.717, 1.165) is 32.3 Å². The number of amides is 1. The molecule has 1 heterocycles. The van der Waals surface area contributed by atoms with Crippen LogP contribution in [0.15, 0.2) is 0 Å². The first-order valence-electron chi connectivity index (χ1n) is 8.15. The van der Waals surface area contributed by atoms with Gasteiger partial charge in [0.15, 0.2) is 12.7 Å². The third-order valence-electron chi connectivity index (χ3n) is 3.51. The number of hydrogen-bond acceptors (Lipinski definition) is 5. The number of esters is 1. The molecule has 0 saturated carbocycles. The van der Waals surface area contributed by atoms with E-state index in [1.807, 2.05) is 0 Å². The van der Waals surface area contributed by atoms with E-state index in [2.05, 4.69) is 19.2 Å². The summed E-state index contributed by atoms with van der Waals surface area (Å²) in [6.45, 7) is 7.40. The summed E-state index contributed by atoms with van der Waals surface area (Å²) in [6.07, 6.45) is 3.37. The molecule has 6 nitrogen and oxygen atoms in total. The quantitative estimate of drug-likeness (QED) is 0.490. The molecule has 0 aromatic heterocycles. The Morgan fingerprint density at radius 1 is 1.32 bits per heavy atom. The molecule has 1 fully saturated rings. The van der Waals surface area contributed by atoms with Crippen molar-refractivity contribution in [1.29, 1.82) is 0 Å². The molecule has 6 heteroatoms. The molecular formula is C16H29NO5. The van der Waals surface area contributed by atoms with E-state index < -0.39 is 12.1 Å². The van der Waals surface area contributed by atoms with E-state index in [1.165, 1.54) is 0 Å². The monoisotopic (exact) mass is 315 g/mol. The Balaban J connectivity index is 2.06. The molecule has 0 spiro atoms. The van der Waals surface area contributed by atoms with Crippen molar-refractivity contribution < 1.29 is 23.8 Å². The summed E-state index contributed by atoms with van der Waals surface area (Å²) >= 11 is 0. The topological polar surface area (TPSA) is 73.9 Å². The molecule has 128 valence electrons. The average molecular weight is 315 g/mol. The molecule has 0 aromatic carbocycles. The number of rotatable bonds is 10. The Labute approximate surface area is 132 Å². The Kier molecular flexibility index (Phi) is 9.08. The summed E-state index contributed by atoms with van der Waals surface area (Å²) in [5, 5.41) is 2.73. The highest BCUT2D eigenvalue weighted by Crippen LogP contribution is 2.12. The zero-order valence-corrected chi connectivity index (χ0v) is 13.9. The van der Waals surface area contributed by atoms with E-state index in [4.69, 9.17) is 14.2 Å². The highest BCUT2D eigenvalue weighted by atomic mass is 16.6. The van der Waals surface area contributed by atoms with Gasteiger partial charge in [-0.25, -0.2) is 4.79 Å². The van der Waals surface area contributed by atoms with Crippen LogP contribution in [0.1, 0.15) is 46.5 Å². The molecule has 1 N–H and O–H groups in total. The third-order valence-corrected chi connectivity index (χ3v) is 3.51. The third kappa shape index (κ3) is 8.34. The lowest BCUT2D eigenvalue weighted by molar-refractivity contribution is -0.160. The van der Waals surface area contributed by atoms with Crippen molar-refractivity contribution in [3.63, 3.8) is 0 Å². The maximum absolute atomic E-state index is 11.7. The van der Waals surface area contributed by atoms with Gasteiger partial charge >= 0.3 is 5.97 Å². The predicted octanol–water partition coefficient (Wildman–Crippen LogP) is 1.67. The van der Waals surface area contributed by atoms with Crippen LogP contribution < -0.4 is 5.32 Å². The molecular weight excluding hydrogens is 286 g/mol. The van der Waals surface area contributed by atoms with Gasteiger partial charge in [0.05, 0.1) is 12.7 Å². The van der Waals surface area contributed by atoms with E-state index >= 15 is 0 Å². The molecule has 1 aliphatic heterocycles. The fourth-order valence-corrected chi connectivity index (χ4v) is 2.14. The number of carbonyl (C=O) groups is 2. The van der Waals surface area contributed by atoms with Gasteiger partial charge in [0.25, 0.3) is 5.91 Å². The van der Waals surface area contributed by atoms with Crippen molar-refractivity contribution in [1.82, 2.24) is 5.32 Å². The average Bonchev–Trinajstić information content (AvgIpc) is 2.99. The second-order valence-electron chi connectivity index (χ2n) is 6.10. The predicted molar refractivity (Wildman–Crippen MR) is 82.4 cm³/mol. The van der Waals surface area contributed by atoms with Crippen LogP contribution in [0.2, 0.25) is 0 Å². The normalized spacial score (nSPS) is 19.2. The van der Waals surface area contributed by atoms with Crippen LogP contribution in [0.4, 0.5) is 0 Å². The van der Waals surface area contributed by atoms with E-state index in [1.54, 1.807) is 6.92 Å². The minimum atomic E-state index is -0.682. The van der Waals surface area contributed by atoms with Gasteiger partial charge in [0, 0.05) is 13.2 Å². The highest BCUT2D eigenvalue weighted by molar-refractivity contribution is 5.81. The van der Waals surface area contributed by atoms with Crippen LogP contribution in [-0.2, 0) is 23.8 Å². The van der Waals surface area contributed by atoms with Crippen molar-refractivity contribution in [3.05, 3.63) is 0 Å². The summed E-state index contributed by atoms with van der Waals surface area (Å²) in [5.41, 5.74) is 0. The standard InChI is InChI=1S/C16H29NO5/c1-12(2)6-4-8-17-15(18)11-22-16(19)13(3)21-10-14-7-5-9-20-14/h12-14H,4-11H2,1-3H3,(H,17,18). The maximum atomic E-state index is 11.7. The Bertz CT molecular complexity index is 339. The Morgan fingerprint density at radius 2 is 2.09 bits per heavy atom. The molecule has 0 bridgehead atoms. The zero-order valence-electron chi connectivity index (χ0n) is 13.9. The molecule has 22 heavy (non-hydrogen) atoms. The summed E-state index contributed by atoms with van der Waals surface area (Å²) in [6, 6.07) is 0. The van der Waals surface area contributed by atoms with E-state index in [0.29, 0.717) is 19.1 Å². The molecule has 1 amide bonds. The van der Waals surface area contributed by atoms with Crippen LogP contribution in [0.3, 0.4) is 0 Å². The minimum absolute atomic E-state index is 0.0690. The largest absolute Gasteiger partial charge is 0.454 e. The molecule has 2 unspecified atom stereocenters. The van der Waals surface area contributed by atoms with Gasteiger partial charge < -0.3 is 19.5 Å². The van der Waals surface area contributed by atoms with Gasteiger partial charge in [0.2, 0.25) is 0 Å². The number of carbonyl (C=O) groups excluding carboxylic acids is 2. The molecule has 1 saturated heterocycles. The lowest BCUT2D eigenvalue weighted by Crippen LogP contribution is -2.33. The number of hydrogen-bond donors (Lipinski definition) is 1. The van der Waals surface area contributed by atoms with Gasteiger partial charge in [-0.2, -0.15) is 0 Å². The molecule has 2 atom stereocenters. The maximum Gasteiger partial charge on any atom is 0.335 e. The molecule has 0 aromatic rings. The van der Waals surface area contributed by atoms with Gasteiger partial charge in [-0.15, -0.1) is 0 Å². The van der Waals surface area contributed by atoms with E-state index in [-0.39, 0.29) is 18.6 Å². The van der Waals surface area contributed by atoms with Crippen LogP contribution in [0.5, 0.6) is 0 Å². The summed E-state index contributed by atoms with van der Waals surface area (Å²) < 4.78 is 15.8. The van der Waals surface area contributed by atoms with Crippen LogP contribution >= 0.6 is 0 Å². The van der Waals surface area contributed by atoms with Crippen LogP contribution in [0, 0.1) is 5.92 Å². The zero-order chi connectivity index (χ0) is 16.4. The summed E-state index contributed by atoms with van der Waals surface area (Å²) in [4.78, 5) is 23.2. The van der Waals surface area contributed by atoms with Gasteiger partial charge in [-0.3, -0.25) is 4.79 Å². The van der Waals surface area contributed by atoms with Gasteiger partial charge in [-0.1, -0.05) is 13.8 Å². The smallest absolute Gasteiger partial charge is 0.335 e. The Hall–Kier alpha value is -1.14. The van der Waals surface area contributed by atoms with Crippen molar-refractivity contribution in [2.24, 2.45) is 5.92 Å². The van der Waals surface area contributed by atoms with Gasteiger partial charge in [-0.05, 0) is 38.5 Å². The van der Waals surface area contributed by atoms with Crippen molar-refractivity contribution in [3.8, 4) is 0 Å². The second-order valence-corrected chi connectivity index (χ2v) is 6.10. The molecule has 1 aliphatic rings. The first-order chi connectivity index (χ1) is 10.5. The second kappa shape index (κ2) is 10.6. The summed E-state index contributed by atoms with van der Waals surface area (Å²) in [7, 11) is 0. The molecule has 0 radical (unpaired) electrons. The minimum Gasteiger partial charge on any atom is -0.454 e. The highest BCUT2D eigenvalue weighted by Gasteiger charge is 2.21. The first-order valence-corrected chi connectivity index (χ1v) is 8.15. The van der Waals surface area contributed by atoms with Crippen molar-refractivity contribution >= 4 is 11.9 Å². The van der Waals surface area contributed by atoms with Crippen LogP contribution in [0.25, 0.3) is 0 Å². The van der Waals surface area contributed by atoms with Crippen LogP contribution in [-0.4, -0.2) is 50.4 Å². The van der Waals surface area contributed by atoms with Gasteiger partial charge in [0.1, 0.15) is 0 Å². The molecule has 1 rings (SSSR count). The summed E-state index contributed by atoms with van der Waals surface area (Å²) in [5.74, 6) is -0.171. The van der Waals surface area contributed by atoms with Crippen molar-refractivity contribution in [2.75, 3.05) is 26.4 Å². The number of ether oxygens (including phenoxy) is 3. The first kappa shape index (κ1) is 18.9. The fourth-order valence-electron chi connectivity index (χ4n) is 2.14. The lowest BCUT2D eigenvalue weighted by atomic mass is 10.1.